The number of hydrogen-bond donors (Lipinski definition) is 2. The number of fused-ring (bicyclic) bond motifs is 1. The van der Waals surface area contributed by atoms with Gasteiger partial charge in [0.05, 0.1) is 5.69 Å². The minimum atomic E-state index is -0.249. The highest BCUT2D eigenvalue weighted by molar-refractivity contribution is 7.80. The smallest absolute Gasteiger partial charge is 0.257 e. The Hall–Kier alpha value is -3.58. The topological polar surface area (TPSA) is 71.8 Å². The summed E-state index contributed by atoms with van der Waals surface area (Å²) < 4.78 is 0. The molecule has 162 valence electrons. The first-order valence-corrected chi connectivity index (χ1v) is 11.1. The maximum atomic E-state index is 12.4. The number of carbonyl (C=O) groups excluding carboxylic acids is 1. The number of nitrogens with zero attached hydrogens (tertiary/aromatic N) is 3. The third kappa shape index (κ3) is 5.18. The fraction of sp³-hybridized carbons (Fsp3) is 0.200. The first kappa shape index (κ1) is 21.6. The summed E-state index contributed by atoms with van der Waals surface area (Å²) in [6, 6.07) is 21.3. The minimum absolute atomic E-state index is 0.228. The molecule has 0 radical (unpaired) electrons. The summed E-state index contributed by atoms with van der Waals surface area (Å²) >= 11 is 5.31. The number of nitrogens with one attached hydrogen (secondary N) is 2. The number of rotatable bonds is 6. The molecule has 4 aromatic rings. The maximum absolute atomic E-state index is 12.4. The van der Waals surface area contributed by atoms with E-state index < -0.39 is 0 Å². The molecule has 0 aliphatic rings. The first-order valence-electron chi connectivity index (χ1n) is 10.7. The molecule has 32 heavy (non-hydrogen) atoms. The van der Waals surface area contributed by atoms with Gasteiger partial charge in [-0.1, -0.05) is 43.2 Å². The van der Waals surface area contributed by atoms with Crippen LogP contribution in [0.15, 0.2) is 66.7 Å². The number of carbonyl (C=O) groups is 1. The van der Waals surface area contributed by atoms with Gasteiger partial charge in [-0.2, -0.15) is 4.80 Å². The van der Waals surface area contributed by atoms with Crippen LogP contribution in [-0.2, 0) is 6.42 Å². The Bertz CT molecular complexity index is 1260. The minimum Gasteiger partial charge on any atom is -0.332 e. The number of unbranched alkanes of at least 4 members (excludes halogenated alkanes) is 1. The van der Waals surface area contributed by atoms with E-state index in [2.05, 4.69) is 39.9 Å². The van der Waals surface area contributed by atoms with E-state index in [1.807, 2.05) is 55.5 Å². The van der Waals surface area contributed by atoms with Crippen molar-refractivity contribution in [2.75, 3.05) is 5.32 Å². The summed E-state index contributed by atoms with van der Waals surface area (Å²) in [6.45, 7) is 4.14. The van der Waals surface area contributed by atoms with Crippen LogP contribution in [-0.4, -0.2) is 26.0 Å². The summed E-state index contributed by atoms with van der Waals surface area (Å²) in [7, 11) is 0. The standard InChI is InChI=1S/C25H25N5OS/c1-3-4-7-18-9-12-21(13-10-18)30-28-22-14-11-20(16-23(22)29-30)26-25(32)27-24(31)19-8-5-6-17(2)15-19/h5-6,8-16H,3-4,7H2,1-2H3,(H2,26,27,31,32). The molecule has 2 N–H and O–H groups in total. The molecule has 1 amide bonds. The van der Waals surface area contributed by atoms with Gasteiger partial charge >= 0.3 is 0 Å². The number of hydrogen-bond acceptors (Lipinski definition) is 4. The van der Waals surface area contributed by atoms with E-state index in [0.717, 1.165) is 34.4 Å². The molecule has 1 heterocycles. The van der Waals surface area contributed by atoms with Crippen LogP contribution in [0.25, 0.3) is 16.7 Å². The molecule has 0 saturated carbocycles. The van der Waals surface area contributed by atoms with Gasteiger partial charge in [0.15, 0.2) is 5.11 Å². The zero-order valence-corrected chi connectivity index (χ0v) is 18.9. The average Bonchev–Trinajstić information content (AvgIpc) is 3.21. The summed E-state index contributed by atoms with van der Waals surface area (Å²) in [4.78, 5) is 14.0. The van der Waals surface area contributed by atoms with Crippen LogP contribution in [0.1, 0.15) is 41.3 Å². The number of anilines is 1. The van der Waals surface area contributed by atoms with Crippen LogP contribution < -0.4 is 10.6 Å². The quantitative estimate of drug-likeness (QED) is 0.401. The lowest BCUT2D eigenvalue weighted by Gasteiger charge is -2.09. The Morgan fingerprint density at radius 3 is 2.53 bits per heavy atom. The Morgan fingerprint density at radius 1 is 1.00 bits per heavy atom. The van der Waals surface area contributed by atoms with Crippen molar-refractivity contribution in [2.45, 2.75) is 33.1 Å². The van der Waals surface area contributed by atoms with Gasteiger partial charge in [-0.15, -0.1) is 10.2 Å². The van der Waals surface area contributed by atoms with Gasteiger partial charge in [-0.25, -0.2) is 0 Å². The summed E-state index contributed by atoms with van der Waals surface area (Å²) in [5.41, 5.74) is 6.05. The van der Waals surface area contributed by atoms with Crippen molar-refractivity contribution in [1.82, 2.24) is 20.3 Å². The monoisotopic (exact) mass is 443 g/mol. The zero-order valence-electron chi connectivity index (χ0n) is 18.1. The number of amides is 1. The SMILES string of the molecule is CCCCc1ccc(-n2nc3ccc(NC(=S)NC(=O)c4cccc(C)c4)cc3n2)cc1. The Labute approximate surface area is 192 Å². The van der Waals surface area contributed by atoms with Crippen LogP contribution in [0, 0.1) is 6.92 Å². The summed E-state index contributed by atoms with van der Waals surface area (Å²) in [5.74, 6) is -0.249. The van der Waals surface area contributed by atoms with Gasteiger partial charge < -0.3 is 5.32 Å². The number of thiocarbonyl (C=S) groups is 1. The van der Waals surface area contributed by atoms with E-state index in [-0.39, 0.29) is 11.0 Å². The average molecular weight is 444 g/mol. The van der Waals surface area contributed by atoms with Crippen molar-refractivity contribution in [1.29, 1.82) is 0 Å². The fourth-order valence-electron chi connectivity index (χ4n) is 3.41. The van der Waals surface area contributed by atoms with Gasteiger partial charge in [0, 0.05) is 11.3 Å². The van der Waals surface area contributed by atoms with Gasteiger partial charge in [-0.3, -0.25) is 10.1 Å². The van der Waals surface area contributed by atoms with Crippen LogP contribution in [0.5, 0.6) is 0 Å². The number of aryl methyl sites for hydroxylation is 2. The molecule has 4 rings (SSSR count). The second-order valence-electron chi connectivity index (χ2n) is 7.74. The second-order valence-corrected chi connectivity index (χ2v) is 8.15. The first-order chi connectivity index (χ1) is 15.5. The van der Waals surface area contributed by atoms with Crippen LogP contribution in [0.4, 0.5) is 5.69 Å². The molecule has 0 fully saturated rings. The number of aromatic nitrogens is 3. The molecule has 0 saturated heterocycles. The van der Waals surface area contributed by atoms with E-state index in [4.69, 9.17) is 12.2 Å². The molecule has 0 aliphatic carbocycles. The summed E-state index contributed by atoms with van der Waals surface area (Å²) in [6.07, 6.45) is 3.45. The predicted octanol–water partition coefficient (Wildman–Crippen LogP) is 5.20. The third-order valence-electron chi connectivity index (χ3n) is 5.13. The van der Waals surface area contributed by atoms with Crippen LogP contribution >= 0.6 is 12.2 Å². The molecule has 3 aromatic carbocycles. The van der Waals surface area contributed by atoms with Crippen LogP contribution in [0.3, 0.4) is 0 Å². The van der Waals surface area contributed by atoms with E-state index in [9.17, 15) is 4.79 Å². The van der Waals surface area contributed by atoms with Crippen molar-refractivity contribution in [3.63, 3.8) is 0 Å². The van der Waals surface area contributed by atoms with E-state index in [0.29, 0.717) is 5.56 Å². The molecule has 1 aromatic heterocycles. The molecular weight excluding hydrogens is 418 g/mol. The Balaban J connectivity index is 1.44. The fourth-order valence-corrected chi connectivity index (χ4v) is 3.62. The molecule has 0 unspecified atom stereocenters. The molecule has 6 nitrogen and oxygen atoms in total. The highest BCUT2D eigenvalue weighted by atomic mass is 32.1. The lowest BCUT2D eigenvalue weighted by atomic mass is 10.1. The lowest BCUT2D eigenvalue weighted by Crippen LogP contribution is -2.34. The van der Waals surface area contributed by atoms with Gasteiger partial charge in [0.2, 0.25) is 0 Å². The molecule has 0 bridgehead atoms. The van der Waals surface area contributed by atoms with Crippen molar-refractivity contribution >= 4 is 40.0 Å². The molecule has 0 spiro atoms. The maximum Gasteiger partial charge on any atom is 0.257 e. The van der Waals surface area contributed by atoms with Gasteiger partial charge in [0.25, 0.3) is 5.91 Å². The highest BCUT2D eigenvalue weighted by Gasteiger charge is 2.10. The van der Waals surface area contributed by atoms with E-state index in [1.54, 1.807) is 10.9 Å². The van der Waals surface area contributed by atoms with Crippen molar-refractivity contribution in [2.24, 2.45) is 0 Å². The molecule has 0 atom stereocenters. The Morgan fingerprint density at radius 2 is 1.78 bits per heavy atom. The lowest BCUT2D eigenvalue weighted by molar-refractivity contribution is 0.0977. The predicted molar refractivity (Wildman–Crippen MR) is 132 cm³/mol. The third-order valence-corrected chi connectivity index (χ3v) is 5.34. The Kier molecular flexibility index (Phi) is 6.56. The number of benzene rings is 3. The van der Waals surface area contributed by atoms with Crippen molar-refractivity contribution in [3.8, 4) is 5.69 Å². The second kappa shape index (κ2) is 9.70. The molecule has 0 aliphatic heterocycles. The van der Waals surface area contributed by atoms with Crippen molar-refractivity contribution < 1.29 is 4.79 Å². The summed E-state index contributed by atoms with van der Waals surface area (Å²) in [5, 5.41) is 15.1. The van der Waals surface area contributed by atoms with E-state index in [1.165, 1.54) is 18.4 Å². The normalized spacial score (nSPS) is 10.8. The van der Waals surface area contributed by atoms with Gasteiger partial charge in [0.1, 0.15) is 11.0 Å². The van der Waals surface area contributed by atoms with Gasteiger partial charge in [-0.05, 0) is 80.0 Å². The van der Waals surface area contributed by atoms with Crippen molar-refractivity contribution in [3.05, 3.63) is 83.4 Å². The van der Waals surface area contributed by atoms with E-state index >= 15 is 0 Å². The van der Waals surface area contributed by atoms with Crippen LogP contribution in [0.2, 0.25) is 0 Å². The highest BCUT2D eigenvalue weighted by Crippen LogP contribution is 2.18. The zero-order chi connectivity index (χ0) is 22.5. The molecule has 7 heteroatoms. The molecular formula is C25H25N5OS. The largest absolute Gasteiger partial charge is 0.332 e.